The van der Waals surface area contributed by atoms with Crippen molar-refractivity contribution in [2.24, 2.45) is 11.8 Å². The lowest BCUT2D eigenvalue weighted by Crippen LogP contribution is -2.35. The first kappa shape index (κ1) is 13.4. The van der Waals surface area contributed by atoms with Crippen molar-refractivity contribution >= 4 is 12.1 Å². The third-order valence-electron chi connectivity index (χ3n) is 2.73. The molecule has 0 saturated heterocycles. The van der Waals surface area contributed by atoms with Gasteiger partial charge in [0, 0.05) is 12.3 Å². The Hall–Kier alpha value is -1.68. The normalized spacial score (nSPS) is 12.2. The molecule has 4 heteroatoms. The third-order valence-corrected chi connectivity index (χ3v) is 2.73. The number of benzene rings is 1. The highest BCUT2D eigenvalue weighted by Gasteiger charge is 2.20. The van der Waals surface area contributed by atoms with Gasteiger partial charge in [0.25, 0.3) is 0 Å². The molecule has 1 aromatic carbocycles. The second-order valence-electron chi connectivity index (χ2n) is 4.33. The first-order valence-corrected chi connectivity index (χ1v) is 5.67. The lowest BCUT2D eigenvalue weighted by atomic mass is 9.96. The summed E-state index contributed by atoms with van der Waals surface area (Å²) >= 11 is 0. The van der Waals surface area contributed by atoms with Crippen molar-refractivity contribution in [3.63, 3.8) is 0 Å². The molecule has 0 heterocycles. The highest BCUT2D eigenvalue weighted by Crippen LogP contribution is 2.22. The number of Topliss-reactive ketones (excluding diaryl/α,β-unsaturated/α-hetero) is 1. The van der Waals surface area contributed by atoms with Crippen LogP contribution in [-0.4, -0.2) is 17.1 Å². The van der Waals surface area contributed by atoms with E-state index in [9.17, 15) is 4.79 Å². The van der Waals surface area contributed by atoms with E-state index in [1.165, 1.54) is 5.01 Å². The van der Waals surface area contributed by atoms with Crippen molar-refractivity contribution in [3.8, 4) is 0 Å². The molecule has 0 aromatic heterocycles. The summed E-state index contributed by atoms with van der Waals surface area (Å²) in [6, 6.07) is 9.29. The van der Waals surface area contributed by atoms with Gasteiger partial charge in [-0.25, -0.2) is 5.84 Å². The molecule has 1 unspecified atom stereocenters. The van der Waals surface area contributed by atoms with Crippen LogP contribution in [0.15, 0.2) is 30.3 Å². The van der Waals surface area contributed by atoms with Crippen molar-refractivity contribution < 1.29 is 4.79 Å². The molecule has 17 heavy (non-hydrogen) atoms. The molecule has 1 aromatic rings. The largest absolute Gasteiger partial charge is 0.299 e. The van der Waals surface area contributed by atoms with E-state index in [-0.39, 0.29) is 17.7 Å². The standard InChI is InChI=1S/C13H19N3O/c1-10(2)13(17)8-12(16(15)9-14)11-6-4-3-5-7-11/h3-7,9-10,12,14H,8,15H2,1-2H3. The summed E-state index contributed by atoms with van der Waals surface area (Å²) in [7, 11) is 0. The highest BCUT2D eigenvalue weighted by molar-refractivity contribution is 5.81. The maximum Gasteiger partial charge on any atom is 0.137 e. The topological polar surface area (TPSA) is 70.2 Å². The zero-order valence-corrected chi connectivity index (χ0v) is 10.3. The van der Waals surface area contributed by atoms with Crippen LogP contribution >= 0.6 is 0 Å². The van der Waals surface area contributed by atoms with Crippen LogP contribution in [-0.2, 0) is 4.79 Å². The van der Waals surface area contributed by atoms with Crippen molar-refractivity contribution in [1.82, 2.24) is 5.01 Å². The summed E-state index contributed by atoms with van der Waals surface area (Å²) < 4.78 is 0. The molecular formula is C13H19N3O. The average Bonchev–Trinajstić information content (AvgIpc) is 2.35. The monoisotopic (exact) mass is 233 g/mol. The Balaban J connectivity index is 2.89. The van der Waals surface area contributed by atoms with Gasteiger partial charge < -0.3 is 0 Å². The number of nitrogens with two attached hydrogens (primary N) is 1. The second kappa shape index (κ2) is 6.15. The Kier molecular flexibility index (Phi) is 4.84. The molecule has 0 spiro atoms. The van der Waals surface area contributed by atoms with Crippen LogP contribution in [0.4, 0.5) is 0 Å². The van der Waals surface area contributed by atoms with Gasteiger partial charge in [0.1, 0.15) is 5.78 Å². The lowest BCUT2D eigenvalue weighted by molar-refractivity contribution is -0.122. The predicted octanol–water partition coefficient (Wildman–Crippen LogP) is 2.13. The number of rotatable bonds is 6. The number of carbonyl (C=O) groups excluding carboxylic acids is 1. The minimum Gasteiger partial charge on any atom is -0.299 e. The van der Waals surface area contributed by atoms with Crippen LogP contribution in [0, 0.1) is 11.3 Å². The van der Waals surface area contributed by atoms with Gasteiger partial charge in [-0.15, -0.1) is 0 Å². The van der Waals surface area contributed by atoms with Crippen molar-refractivity contribution in [2.45, 2.75) is 26.3 Å². The maximum absolute atomic E-state index is 11.8. The number of nitrogens with one attached hydrogen (secondary N) is 1. The highest BCUT2D eigenvalue weighted by atomic mass is 16.1. The number of ketones is 1. The summed E-state index contributed by atoms with van der Waals surface area (Å²) in [5.41, 5.74) is 0.951. The van der Waals surface area contributed by atoms with E-state index in [2.05, 4.69) is 0 Å². The van der Waals surface area contributed by atoms with E-state index >= 15 is 0 Å². The van der Waals surface area contributed by atoms with Gasteiger partial charge in [-0.3, -0.25) is 15.2 Å². The van der Waals surface area contributed by atoms with E-state index in [4.69, 9.17) is 11.3 Å². The van der Waals surface area contributed by atoms with Crippen LogP contribution in [0.5, 0.6) is 0 Å². The number of hydrazine groups is 1. The Bertz CT molecular complexity index is 376. The van der Waals surface area contributed by atoms with Gasteiger partial charge in [0.2, 0.25) is 0 Å². The number of hydrogen-bond acceptors (Lipinski definition) is 3. The molecule has 0 amide bonds. The Labute approximate surface area is 102 Å². The van der Waals surface area contributed by atoms with Gasteiger partial charge in [-0.2, -0.15) is 0 Å². The number of carbonyl (C=O) groups is 1. The number of hydrogen-bond donors (Lipinski definition) is 2. The van der Waals surface area contributed by atoms with Crippen LogP contribution in [0.25, 0.3) is 0 Å². The van der Waals surface area contributed by atoms with Crippen LogP contribution in [0.3, 0.4) is 0 Å². The van der Waals surface area contributed by atoms with E-state index in [1.807, 2.05) is 44.2 Å². The number of nitrogens with zero attached hydrogens (tertiary/aromatic N) is 1. The molecule has 92 valence electrons. The molecule has 0 aliphatic carbocycles. The minimum absolute atomic E-state index is 0.0136. The summed E-state index contributed by atoms with van der Waals surface area (Å²) in [4.78, 5) is 11.8. The smallest absolute Gasteiger partial charge is 0.137 e. The van der Waals surface area contributed by atoms with Gasteiger partial charge >= 0.3 is 0 Å². The first-order chi connectivity index (χ1) is 8.06. The van der Waals surface area contributed by atoms with Crippen LogP contribution < -0.4 is 5.84 Å². The fourth-order valence-electron chi connectivity index (χ4n) is 1.59. The van der Waals surface area contributed by atoms with Crippen molar-refractivity contribution in [1.29, 1.82) is 5.41 Å². The second-order valence-corrected chi connectivity index (χ2v) is 4.33. The van der Waals surface area contributed by atoms with E-state index in [0.29, 0.717) is 6.42 Å². The summed E-state index contributed by atoms with van der Waals surface area (Å²) in [5, 5.41) is 8.48. The average molecular weight is 233 g/mol. The molecular weight excluding hydrogens is 214 g/mol. The third kappa shape index (κ3) is 3.67. The molecule has 0 radical (unpaired) electrons. The molecule has 0 fully saturated rings. The Morgan fingerprint density at radius 2 is 2.00 bits per heavy atom. The van der Waals surface area contributed by atoms with E-state index in [1.54, 1.807) is 0 Å². The van der Waals surface area contributed by atoms with Gasteiger partial charge in [-0.05, 0) is 5.56 Å². The maximum atomic E-state index is 11.8. The van der Waals surface area contributed by atoms with Gasteiger partial charge in [-0.1, -0.05) is 44.2 Å². The molecule has 0 aliphatic rings. The molecule has 1 rings (SSSR count). The molecule has 0 aliphatic heterocycles. The first-order valence-electron chi connectivity index (χ1n) is 5.67. The molecule has 1 atom stereocenters. The summed E-state index contributed by atoms with van der Waals surface area (Å²) in [6.07, 6.45) is 1.37. The zero-order valence-electron chi connectivity index (χ0n) is 10.3. The fourth-order valence-corrected chi connectivity index (χ4v) is 1.59. The van der Waals surface area contributed by atoms with Crippen molar-refractivity contribution in [2.75, 3.05) is 0 Å². The summed E-state index contributed by atoms with van der Waals surface area (Å²) in [5.74, 6) is 5.87. The quantitative estimate of drug-likeness (QED) is 0.342. The van der Waals surface area contributed by atoms with E-state index in [0.717, 1.165) is 11.9 Å². The van der Waals surface area contributed by atoms with Crippen LogP contribution in [0.2, 0.25) is 0 Å². The molecule has 3 N–H and O–H groups in total. The predicted molar refractivity (Wildman–Crippen MR) is 68.5 cm³/mol. The van der Waals surface area contributed by atoms with E-state index < -0.39 is 0 Å². The zero-order chi connectivity index (χ0) is 12.8. The van der Waals surface area contributed by atoms with Gasteiger partial charge in [0.15, 0.2) is 0 Å². The van der Waals surface area contributed by atoms with Crippen LogP contribution in [0.1, 0.15) is 31.9 Å². The fraction of sp³-hybridized carbons (Fsp3) is 0.385. The summed E-state index contributed by atoms with van der Waals surface area (Å²) in [6.45, 7) is 3.74. The Morgan fingerprint density at radius 1 is 1.41 bits per heavy atom. The Morgan fingerprint density at radius 3 is 2.47 bits per heavy atom. The molecule has 0 bridgehead atoms. The van der Waals surface area contributed by atoms with Crippen molar-refractivity contribution in [3.05, 3.63) is 35.9 Å². The minimum atomic E-state index is -0.261. The lowest BCUT2D eigenvalue weighted by Gasteiger charge is -2.25. The molecule has 0 saturated carbocycles. The van der Waals surface area contributed by atoms with Gasteiger partial charge in [0.05, 0.1) is 12.4 Å². The molecule has 4 nitrogen and oxygen atoms in total. The SMILES string of the molecule is CC(C)C(=O)CC(c1ccccc1)N(N)C=N.